The van der Waals surface area contributed by atoms with E-state index in [2.05, 4.69) is 15.9 Å². The monoisotopic (exact) mass is 654 g/mol. The Morgan fingerprint density at radius 2 is 1.74 bits per heavy atom. The Morgan fingerprint density at radius 3 is 2.45 bits per heavy atom. The third-order valence-corrected chi connectivity index (χ3v) is 10.8. The van der Waals surface area contributed by atoms with Gasteiger partial charge in [-0.25, -0.2) is 8.42 Å². The molecule has 3 aromatic rings. The molecule has 0 radical (unpaired) electrons. The molecule has 1 aromatic heterocycles. The molecule has 2 amide bonds. The van der Waals surface area contributed by atoms with Crippen LogP contribution in [0.4, 0.5) is 5.69 Å². The van der Waals surface area contributed by atoms with Crippen molar-refractivity contribution in [2.45, 2.75) is 44.0 Å². The smallest absolute Gasteiger partial charge is 0.258 e. The minimum absolute atomic E-state index is 0.0910. The topological polar surface area (TPSA) is 92.2 Å². The lowest BCUT2D eigenvalue weighted by Crippen LogP contribution is -2.40. The normalized spacial score (nSPS) is 19.5. The third-order valence-electron chi connectivity index (χ3n) is 8.39. The molecule has 4 heterocycles. The molecule has 0 saturated carbocycles. The molecule has 6 rings (SSSR count). The summed E-state index contributed by atoms with van der Waals surface area (Å²) in [6, 6.07) is 10.9. The highest BCUT2D eigenvalue weighted by molar-refractivity contribution is 9.10. The minimum Gasteiger partial charge on any atom is -0.379 e. The summed E-state index contributed by atoms with van der Waals surface area (Å²) in [5.41, 5.74) is 3.41. The van der Waals surface area contributed by atoms with Gasteiger partial charge < -0.3 is 19.1 Å². The first-order valence-electron chi connectivity index (χ1n) is 14.6. The lowest BCUT2D eigenvalue weighted by molar-refractivity contribution is -0.131. The number of fused-ring (bicyclic) bond motifs is 2. The maximum atomic E-state index is 13.7. The summed E-state index contributed by atoms with van der Waals surface area (Å²) in [5, 5.41) is 0.905. The van der Waals surface area contributed by atoms with E-state index in [0.29, 0.717) is 49.7 Å². The fourth-order valence-electron chi connectivity index (χ4n) is 6.15. The SMILES string of the molecule is CCN1C(=O)/C(=C\c2cn(CC(=O)N3CCCCCC3)c3ccc(Br)cc23)c2cc(S(=O)(=O)N3CCOCC3)ccc21. The number of carbonyl (C=O) groups is 2. The molecule has 11 heteroatoms. The molecule has 2 saturated heterocycles. The fourth-order valence-corrected chi connectivity index (χ4v) is 7.95. The van der Waals surface area contributed by atoms with Gasteiger partial charge >= 0.3 is 0 Å². The number of aromatic nitrogens is 1. The first-order chi connectivity index (χ1) is 20.3. The summed E-state index contributed by atoms with van der Waals surface area (Å²) in [6.45, 7) is 5.46. The Bertz CT molecular complexity index is 1670. The molecular weight excluding hydrogens is 620 g/mol. The van der Waals surface area contributed by atoms with E-state index in [0.717, 1.165) is 59.7 Å². The number of hydrogen-bond acceptors (Lipinski definition) is 5. The van der Waals surface area contributed by atoms with Crippen LogP contribution in [-0.2, 0) is 30.9 Å². The van der Waals surface area contributed by atoms with Crippen molar-refractivity contribution in [2.75, 3.05) is 50.8 Å². The second-order valence-electron chi connectivity index (χ2n) is 11.0. The number of likely N-dealkylation sites (N-methyl/N-ethyl adjacent to an activating group) is 1. The van der Waals surface area contributed by atoms with Gasteiger partial charge in [-0.1, -0.05) is 28.8 Å². The van der Waals surface area contributed by atoms with Crippen LogP contribution in [0.15, 0.2) is 52.0 Å². The molecule has 9 nitrogen and oxygen atoms in total. The van der Waals surface area contributed by atoms with Gasteiger partial charge in [0.1, 0.15) is 6.54 Å². The van der Waals surface area contributed by atoms with E-state index in [-0.39, 0.29) is 23.3 Å². The second-order valence-corrected chi connectivity index (χ2v) is 13.8. The van der Waals surface area contributed by atoms with Crippen LogP contribution in [-0.4, -0.2) is 79.9 Å². The van der Waals surface area contributed by atoms with Gasteiger partial charge in [-0.3, -0.25) is 9.59 Å². The Kier molecular flexibility index (Phi) is 8.28. The number of amides is 2. The molecular formula is C31H35BrN4O5S. The summed E-state index contributed by atoms with van der Waals surface area (Å²) in [4.78, 5) is 30.8. The first-order valence-corrected chi connectivity index (χ1v) is 16.8. The lowest BCUT2D eigenvalue weighted by atomic mass is 10.0. The third kappa shape index (κ3) is 5.43. The molecule has 0 aliphatic carbocycles. The predicted molar refractivity (Wildman–Crippen MR) is 167 cm³/mol. The quantitative estimate of drug-likeness (QED) is 0.358. The molecule has 0 bridgehead atoms. The number of halogens is 1. The highest BCUT2D eigenvalue weighted by Gasteiger charge is 2.34. The molecule has 2 aromatic carbocycles. The number of sulfonamides is 1. The zero-order valence-electron chi connectivity index (χ0n) is 23.7. The van der Waals surface area contributed by atoms with Crippen LogP contribution in [0.1, 0.15) is 43.7 Å². The average molecular weight is 656 g/mol. The molecule has 222 valence electrons. The number of carbonyl (C=O) groups excluding carboxylic acids is 2. The van der Waals surface area contributed by atoms with Gasteiger partial charge in [0, 0.05) is 71.0 Å². The Balaban J connectivity index is 1.41. The average Bonchev–Trinajstić information content (AvgIpc) is 3.28. The van der Waals surface area contributed by atoms with Gasteiger partial charge in [0.05, 0.1) is 23.8 Å². The van der Waals surface area contributed by atoms with Gasteiger partial charge in [0.2, 0.25) is 15.9 Å². The molecule has 0 N–H and O–H groups in total. The van der Waals surface area contributed by atoms with Crippen molar-refractivity contribution in [3.05, 3.63) is 58.2 Å². The Labute approximate surface area is 254 Å². The molecule has 2 fully saturated rings. The van der Waals surface area contributed by atoms with Crippen molar-refractivity contribution in [3.8, 4) is 0 Å². The second kappa shape index (κ2) is 11.9. The highest BCUT2D eigenvalue weighted by Crippen LogP contribution is 2.40. The van der Waals surface area contributed by atoms with Crippen molar-refractivity contribution >= 4 is 66.0 Å². The van der Waals surface area contributed by atoms with E-state index >= 15 is 0 Å². The standard InChI is InChI=1S/C31H35BrN4O5S/c1-2-36-29-10-8-24(42(39,40)35-13-15-41-16-14-35)19-26(29)27(31(36)38)17-22-20-34(28-9-7-23(32)18-25(22)28)21-30(37)33-11-5-3-4-6-12-33/h7-10,17-20H,2-6,11-16,21H2,1H3/b27-17-. The van der Waals surface area contributed by atoms with E-state index in [4.69, 9.17) is 4.74 Å². The lowest BCUT2D eigenvalue weighted by Gasteiger charge is -2.26. The van der Waals surface area contributed by atoms with Crippen molar-refractivity contribution in [3.63, 3.8) is 0 Å². The van der Waals surface area contributed by atoms with E-state index in [1.54, 1.807) is 23.1 Å². The maximum absolute atomic E-state index is 13.7. The van der Waals surface area contributed by atoms with Crippen LogP contribution < -0.4 is 4.90 Å². The van der Waals surface area contributed by atoms with Gasteiger partial charge in [-0.2, -0.15) is 4.31 Å². The molecule has 3 aliphatic rings. The van der Waals surface area contributed by atoms with Crippen molar-refractivity contribution in [1.82, 2.24) is 13.8 Å². The number of nitrogens with zero attached hydrogens (tertiary/aromatic N) is 4. The molecule has 0 atom stereocenters. The number of anilines is 1. The van der Waals surface area contributed by atoms with Crippen LogP contribution in [0.2, 0.25) is 0 Å². The van der Waals surface area contributed by atoms with E-state index in [1.165, 1.54) is 4.31 Å². The number of ether oxygens (including phenoxy) is 1. The fraction of sp³-hybridized carbons (Fsp3) is 0.419. The van der Waals surface area contributed by atoms with Gasteiger partial charge in [-0.15, -0.1) is 0 Å². The van der Waals surface area contributed by atoms with E-state index in [1.807, 2.05) is 46.9 Å². The van der Waals surface area contributed by atoms with Crippen molar-refractivity contribution < 1.29 is 22.7 Å². The van der Waals surface area contributed by atoms with Gasteiger partial charge in [-0.05, 0) is 62.2 Å². The summed E-state index contributed by atoms with van der Waals surface area (Å²) in [5.74, 6) is -0.0849. The number of likely N-dealkylation sites (tertiary alicyclic amines) is 1. The van der Waals surface area contributed by atoms with E-state index in [9.17, 15) is 18.0 Å². The maximum Gasteiger partial charge on any atom is 0.258 e. The van der Waals surface area contributed by atoms with Crippen LogP contribution >= 0.6 is 15.9 Å². The Hall–Kier alpha value is -2.99. The van der Waals surface area contributed by atoms with Crippen LogP contribution in [0.3, 0.4) is 0 Å². The van der Waals surface area contributed by atoms with Gasteiger partial charge in [0.25, 0.3) is 5.91 Å². The number of rotatable bonds is 6. The van der Waals surface area contributed by atoms with Crippen LogP contribution in [0.5, 0.6) is 0 Å². The molecule has 0 unspecified atom stereocenters. The molecule has 42 heavy (non-hydrogen) atoms. The highest BCUT2D eigenvalue weighted by atomic mass is 79.9. The predicted octanol–water partition coefficient (Wildman–Crippen LogP) is 4.73. The summed E-state index contributed by atoms with van der Waals surface area (Å²) < 4.78 is 36.5. The first kappa shape index (κ1) is 29.1. The molecule has 0 spiro atoms. The number of hydrogen-bond donors (Lipinski definition) is 0. The minimum atomic E-state index is -3.74. The van der Waals surface area contributed by atoms with Crippen LogP contribution in [0.25, 0.3) is 22.6 Å². The summed E-state index contributed by atoms with van der Waals surface area (Å²) in [6.07, 6.45) is 8.13. The summed E-state index contributed by atoms with van der Waals surface area (Å²) in [7, 11) is -3.74. The Morgan fingerprint density at radius 1 is 1.00 bits per heavy atom. The van der Waals surface area contributed by atoms with Crippen LogP contribution in [0, 0.1) is 0 Å². The number of benzene rings is 2. The van der Waals surface area contributed by atoms with Gasteiger partial charge in [0.15, 0.2) is 0 Å². The zero-order valence-corrected chi connectivity index (χ0v) is 26.1. The summed E-state index contributed by atoms with van der Waals surface area (Å²) >= 11 is 3.58. The molecule has 3 aliphatic heterocycles. The largest absolute Gasteiger partial charge is 0.379 e. The number of morpholine rings is 1. The zero-order chi connectivity index (χ0) is 29.4. The van der Waals surface area contributed by atoms with Crippen molar-refractivity contribution in [2.24, 2.45) is 0 Å². The van der Waals surface area contributed by atoms with E-state index < -0.39 is 10.0 Å². The van der Waals surface area contributed by atoms with Crippen molar-refractivity contribution in [1.29, 1.82) is 0 Å².